The minimum absolute atomic E-state index is 0.0153. The van der Waals surface area contributed by atoms with Crippen molar-refractivity contribution in [3.63, 3.8) is 0 Å². The zero-order valence-corrected chi connectivity index (χ0v) is 8.71. The summed E-state index contributed by atoms with van der Waals surface area (Å²) in [6.45, 7) is 0.826. The van der Waals surface area contributed by atoms with Crippen LogP contribution in [0.2, 0.25) is 0 Å². The average Bonchev–Trinajstić information content (AvgIpc) is 2.81. The van der Waals surface area contributed by atoms with Crippen LogP contribution in [0.25, 0.3) is 0 Å². The highest BCUT2D eigenvalue weighted by molar-refractivity contribution is 5.45. The van der Waals surface area contributed by atoms with E-state index in [1.807, 2.05) is 6.07 Å². The Morgan fingerprint density at radius 2 is 2.25 bits per heavy atom. The molecule has 1 aliphatic rings. The summed E-state index contributed by atoms with van der Waals surface area (Å²) in [6.07, 6.45) is -0.739. The molecule has 16 heavy (non-hydrogen) atoms. The van der Waals surface area contributed by atoms with Gasteiger partial charge >= 0.3 is 0 Å². The molecule has 0 aromatic heterocycles. The van der Waals surface area contributed by atoms with Gasteiger partial charge in [0.2, 0.25) is 0 Å². The van der Waals surface area contributed by atoms with E-state index in [-0.39, 0.29) is 11.6 Å². The number of nitrogens with one attached hydrogen (secondary N) is 1. The van der Waals surface area contributed by atoms with Crippen LogP contribution in [0.5, 0.6) is 0 Å². The van der Waals surface area contributed by atoms with Gasteiger partial charge in [0, 0.05) is 11.6 Å². The van der Waals surface area contributed by atoms with E-state index in [4.69, 9.17) is 5.26 Å². The van der Waals surface area contributed by atoms with Crippen molar-refractivity contribution in [2.75, 3.05) is 6.54 Å². The third kappa shape index (κ3) is 1.91. The van der Waals surface area contributed by atoms with Crippen molar-refractivity contribution in [3.05, 3.63) is 34.9 Å². The Morgan fingerprint density at radius 3 is 2.81 bits per heavy atom. The van der Waals surface area contributed by atoms with E-state index in [9.17, 15) is 8.78 Å². The van der Waals surface area contributed by atoms with Crippen LogP contribution < -0.4 is 5.32 Å². The first-order valence-electron chi connectivity index (χ1n) is 5.28. The van der Waals surface area contributed by atoms with Gasteiger partial charge in [-0.25, -0.2) is 8.78 Å². The van der Waals surface area contributed by atoms with E-state index in [0.29, 0.717) is 11.1 Å². The van der Waals surface area contributed by atoms with Crippen molar-refractivity contribution in [3.8, 4) is 6.07 Å². The summed E-state index contributed by atoms with van der Waals surface area (Å²) in [7, 11) is 0. The lowest BCUT2D eigenvalue weighted by Gasteiger charge is -2.17. The van der Waals surface area contributed by atoms with Crippen molar-refractivity contribution in [1.82, 2.24) is 5.32 Å². The first-order valence-corrected chi connectivity index (χ1v) is 5.28. The molecule has 1 aromatic rings. The van der Waals surface area contributed by atoms with Crippen molar-refractivity contribution >= 4 is 0 Å². The highest BCUT2D eigenvalue weighted by Gasteiger charge is 2.25. The van der Waals surface area contributed by atoms with Crippen molar-refractivity contribution < 1.29 is 8.78 Å². The number of benzene rings is 1. The Labute approximate surface area is 92.9 Å². The molecule has 2 nitrogen and oxygen atoms in total. The van der Waals surface area contributed by atoms with Crippen molar-refractivity contribution in [1.29, 1.82) is 5.26 Å². The maximum Gasteiger partial charge on any atom is 0.264 e. The van der Waals surface area contributed by atoms with E-state index in [2.05, 4.69) is 5.32 Å². The van der Waals surface area contributed by atoms with E-state index in [1.165, 1.54) is 12.1 Å². The number of hydrogen-bond donors (Lipinski definition) is 1. The fraction of sp³-hybridized carbons (Fsp3) is 0.417. The summed E-state index contributed by atoms with van der Waals surface area (Å²) in [4.78, 5) is 0. The minimum Gasteiger partial charge on any atom is -0.310 e. The summed E-state index contributed by atoms with van der Waals surface area (Å²) in [5.74, 6) is 0. The number of rotatable bonds is 2. The largest absolute Gasteiger partial charge is 0.310 e. The number of alkyl halides is 2. The predicted molar refractivity (Wildman–Crippen MR) is 56.1 cm³/mol. The fourth-order valence-corrected chi connectivity index (χ4v) is 2.19. The molecule has 1 heterocycles. The van der Waals surface area contributed by atoms with Crippen LogP contribution >= 0.6 is 0 Å². The molecule has 1 fully saturated rings. The molecule has 4 heteroatoms. The first kappa shape index (κ1) is 11.0. The van der Waals surface area contributed by atoms with Gasteiger partial charge in [0.25, 0.3) is 6.43 Å². The lowest BCUT2D eigenvalue weighted by molar-refractivity contribution is 0.149. The van der Waals surface area contributed by atoms with Crippen LogP contribution in [0, 0.1) is 11.3 Å². The number of hydrogen-bond acceptors (Lipinski definition) is 2. The van der Waals surface area contributed by atoms with Crippen LogP contribution in [0.15, 0.2) is 18.2 Å². The number of nitrogens with zero attached hydrogens (tertiary/aromatic N) is 1. The van der Waals surface area contributed by atoms with Crippen LogP contribution in [-0.4, -0.2) is 6.54 Å². The van der Waals surface area contributed by atoms with E-state index in [1.54, 1.807) is 6.07 Å². The van der Waals surface area contributed by atoms with Gasteiger partial charge in [-0.1, -0.05) is 12.1 Å². The van der Waals surface area contributed by atoms with Gasteiger partial charge in [-0.05, 0) is 31.0 Å². The summed E-state index contributed by atoms with van der Waals surface area (Å²) >= 11 is 0. The van der Waals surface area contributed by atoms with E-state index in [0.717, 1.165) is 19.4 Å². The molecule has 0 unspecified atom stereocenters. The quantitative estimate of drug-likeness (QED) is 0.835. The fourth-order valence-electron chi connectivity index (χ4n) is 2.19. The number of halogens is 2. The Morgan fingerprint density at radius 1 is 1.44 bits per heavy atom. The lowest BCUT2D eigenvalue weighted by Crippen LogP contribution is -2.16. The molecule has 0 radical (unpaired) electrons. The van der Waals surface area contributed by atoms with Crippen LogP contribution in [0.4, 0.5) is 8.78 Å². The number of nitriles is 1. The molecular formula is C12H12F2N2. The lowest BCUT2D eigenvalue weighted by atomic mass is 9.94. The first-order chi connectivity index (χ1) is 7.74. The predicted octanol–water partition coefficient (Wildman–Crippen LogP) is 2.92. The molecule has 84 valence electrons. The average molecular weight is 222 g/mol. The van der Waals surface area contributed by atoms with Gasteiger partial charge in [0.05, 0.1) is 11.6 Å². The summed E-state index contributed by atoms with van der Waals surface area (Å²) in [5, 5.41) is 12.1. The maximum atomic E-state index is 12.9. The van der Waals surface area contributed by atoms with Gasteiger partial charge in [0.15, 0.2) is 0 Å². The topological polar surface area (TPSA) is 35.8 Å². The van der Waals surface area contributed by atoms with Gasteiger partial charge < -0.3 is 5.32 Å². The van der Waals surface area contributed by atoms with Crippen LogP contribution in [0.1, 0.15) is 42.0 Å². The second-order valence-electron chi connectivity index (χ2n) is 3.87. The van der Waals surface area contributed by atoms with Gasteiger partial charge in [0.1, 0.15) is 0 Å². The Hall–Kier alpha value is -1.47. The second kappa shape index (κ2) is 4.58. The van der Waals surface area contributed by atoms with Crippen LogP contribution in [-0.2, 0) is 0 Å². The molecule has 0 saturated carbocycles. The molecule has 1 atom stereocenters. The van der Waals surface area contributed by atoms with E-state index >= 15 is 0 Å². The normalized spacial score (nSPS) is 20.0. The molecule has 0 spiro atoms. The molecule has 1 N–H and O–H groups in total. The molecule has 1 aromatic carbocycles. The molecule has 1 saturated heterocycles. The Kier molecular flexibility index (Phi) is 3.16. The third-order valence-corrected chi connectivity index (χ3v) is 2.90. The van der Waals surface area contributed by atoms with Crippen molar-refractivity contribution in [2.24, 2.45) is 0 Å². The maximum absolute atomic E-state index is 12.9. The highest BCUT2D eigenvalue weighted by atomic mass is 19.3. The van der Waals surface area contributed by atoms with Crippen molar-refractivity contribution in [2.45, 2.75) is 25.3 Å². The van der Waals surface area contributed by atoms with Crippen LogP contribution in [0.3, 0.4) is 0 Å². The molecule has 0 amide bonds. The Balaban J connectivity index is 2.49. The molecule has 2 rings (SSSR count). The monoisotopic (exact) mass is 222 g/mol. The van der Waals surface area contributed by atoms with E-state index < -0.39 is 6.43 Å². The van der Waals surface area contributed by atoms with Gasteiger partial charge in [-0.15, -0.1) is 0 Å². The summed E-state index contributed by atoms with van der Waals surface area (Å²) in [6, 6.07) is 6.41. The van der Waals surface area contributed by atoms with Gasteiger partial charge in [-0.3, -0.25) is 0 Å². The molecule has 0 bridgehead atoms. The Bertz CT molecular complexity index is 418. The second-order valence-corrected chi connectivity index (χ2v) is 3.87. The standard InChI is InChI=1S/C12H12F2N2/c13-12(14)9-4-1-3-8(7-15)11(9)10-5-2-6-16-10/h1,3-4,10,12,16H,2,5-6H2/t10-/m0/s1. The molecule has 0 aliphatic carbocycles. The smallest absolute Gasteiger partial charge is 0.264 e. The minimum atomic E-state index is -2.52. The zero-order valence-electron chi connectivity index (χ0n) is 8.71. The SMILES string of the molecule is N#Cc1cccc(C(F)F)c1[C@@H]1CCCN1. The summed E-state index contributed by atoms with van der Waals surface area (Å²) in [5.41, 5.74) is 0.827. The molecular weight excluding hydrogens is 210 g/mol. The highest BCUT2D eigenvalue weighted by Crippen LogP contribution is 2.33. The molecule has 1 aliphatic heterocycles. The van der Waals surface area contributed by atoms with Gasteiger partial charge in [-0.2, -0.15) is 5.26 Å². The summed E-state index contributed by atoms with van der Waals surface area (Å²) < 4.78 is 25.7. The third-order valence-electron chi connectivity index (χ3n) is 2.90. The zero-order chi connectivity index (χ0) is 11.5.